The number of benzene rings is 1. The van der Waals surface area contributed by atoms with Crippen LogP contribution in [-0.2, 0) is 7.05 Å². The molecule has 0 radical (unpaired) electrons. The van der Waals surface area contributed by atoms with Crippen molar-refractivity contribution in [2.75, 3.05) is 35.8 Å². The molecule has 1 aliphatic carbocycles. The molecular weight excluding hydrogens is 461 g/mol. The number of ether oxygens (including phenoxy) is 1. The minimum absolute atomic E-state index is 0.0366. The number of aromatic nitrogens is 2. The van der Waals surface area contributed by atoms with Crippen LogP contribution in [0, 0.1) is 0 Å². The van der Waals surface area contributed by atoms with Gasteiger partial charge in [-0.15, -0.1) is 0 Å². The highest BCUT2D eigenvalue weighted by Gasteiger charge is 2.38. The second kappa shape index (κ2) is 9.47. The van der Waals surface area contributed by atoms with Crippen molar-refractivity contribution < 1.29 is 23.0 Å². The fourth-order valence-electron chi connectivity index (χ4n) is 4.15. The Hall–Kier alpha value is -2.37. The number of fused-ring (bicyclic) bond motifs is 1. The lowest BCUT2D eigenvalue weighted by Crippen LogP contribution is -2.44. The Labute approximate surface area is 195 Å². The molecule has 1 atom stereocenters. The van der Waals surface area contributed by atoms with Crippen LogP contribution in [0.15, 0.2) is 18.2 Å². The number of aliphatic hydroxyl groups excluding tert-OH is 1. The zero-order chi connectivity index (χ0) is 23.8. The molecule has 182 valence electrons. The van der Waals surface area contributed by atoms with Crippen LogP contribution in [0.1, 0.15) is 25.7 Å². The Balaban J connectivity index is 1.39. The van der Waals surface area contributed by atoms with Gasteiger partial charge in [-0.05, 0) is 25.7 Å². The molecule has 0 unspecified atom stereocenters. The van der Waals surface area contributed by atoms with Gasteiger partial charge in [-0.25, -0.2) is 0 Å². The van der Waals surface area contributed by atoms with E-state index in [2.05, 4.69) is 25.9 Å². The van der Waals surface area contributed by atoms with Crippen molar-refractivity contribution >= 4 is 34.5 Å². The summed E-state index contributed by atoms with van der Waals surface area (Å²) in [5.74, 6) is 1.32. The maximum absolute atomic E-state index is 12.5. The van der Waals surface area contributed by atoms with Gasteiger partial charge in [0.25, 0.3) is 0 Å². The van der Waals surface area contributed by atoms with Crippen molar-refractivity contribution in [1.82, 2.24) is 15.1 Å². The van der Waals surface area contributed by atoms with Gasteiger partial charge in [0.2, 0.25) is 0 Å². The largest absolute Gasteiger partial charge is 0.490 e. The number of anilines is 4. The van der Waals surface area contributed by atoms with Gasteiger partial charge in [0.15, 0.2) is 11.9 Å². The molecule has 0 saturated heterocycles. The highest BCUT2D eigenvalue weighted by atomic mass is 35.5. The summed E-state index contributed by atoms with van der Waals surface area (Å²) in [6, 6.07) is 5.57. The summed E-state index contributed by atoms with van der Waals surface area (Å²) in [5, 5.41) is 23.5. The summed E-state index contributed by atoms with van der Waals surface area (Å²) < 4.78 is 45.3. The molecule has 1 aromatic heterocycles. The van der Waals surface area contributed by atoms with Gasteiger partial charge < -0.3 is 30.7 Å². The van der Waals surface area contributed by atoms with Crippen LogP contribution in [0.25, 0.3) is 0 Å². The van der Waals surface area contributed by atoms with E-state index < -0.39 is 18.8 Å². The summed E-state index contributed by atoms with van der Waals surface area (Å²) in [4.78, 5) is 2.07. The molecule has 0 bridgehead atoms. The van der Waals surface area contributed by atoms with Gasteiger partial charge in [-0.2, -0.15) is 18.3 Å². The molecule has 8 nitrogen and oxygen atoms in total. The number of aryl methyl sites for hydroxylation is 1. The van der Waals surface area contributed by atoms with E-state index in [-0.39, 0.29) is 12.1 Å². The number of alkyl halides is 3. The van der Waals surface area contributed by atoms with Crippen molar-refractivity contribution in [3.05, 3.63) is 23.4 Å². The van der Waals surface area contributed by atoms with Crippen molar-refractivity contribution in [3.8, 4) is 5.75 Å². The Kier molecular flexibility index (Phi) is 6.83. The van der Waals surface area contributed by atoms with E-state index in [9.17, 15) is 13.2 Å². The van der Waals surface area contributed by atoms with Crippen molar-refractivity contribution in [2.24, 2.45) is 7.05 Å². The first-order chi connectivity index (χ1) is 15.6. The fourth-order valence-corrected chi connectivity index (χ4v) is 4.29. The molecule has 1 aliphatic heterocycles. The molecule has 1 saturated carbocycles. The quantitative estimate of drug-likeness (QED) is 0.471. The lowest BCUT2D eigenvalue weighted by molar-refractivity contribution is -0.202. The van der Waals surface area contributed by atoms with E-state index in [0.29, 0.717) is 49.1 Å². The van der Waals surface area contributed by atoms with Gasteiger partial charge in [0, 0.05) is 44.9 Å². The topological polar surface area (TPSA) is 86.6 Å². The molecule has 2 aliphatic rings. The molecule has 4 N–H and O–H groups in total. The molecule has 33 heavy (non-hydrogen) atoms. The lowest BCUT2D eigenvalue weighted by Gasteiger charge is -2.30. The van der Waals surface area contributed by atoms with Crippen LogP contribution in [-0.4, -0.2) is 59.6 Å². The second-order valence-corrected chi connectivity index (χ2v) is 8.94. The minimum atomic E-state index is -4.60. The Morgan fingerprint density at radius 3 is 2.61 bits per heavy atom. The molecule has 2 heterocycles. The SMILES string of the molecule is CN1CNc2c(Nc3cc(Cl)n(C)n3)cc(OC3CCC(NC[C@@H](O)C(F)(F)F)CC3)cc21. The average Bonchev–Trinajstić information content (AvgIpc) is 3.28. The number of rotatable bonds is 7. The second-order valence-electron chi connectivity index (χ2n) is 8.56. The molecule has 4 rings (SSSR count). The Morgan fingerprint density at radius 1 is 1.24 bits per heavy atom. The predicted molar refractivity (Wildman–Crippen MR) is 122 cm³/mol. The first kappa shape index (κ1) is 23.8. The summed E-state index contributed by atoms with van der Waals surface area (Å²) in [7, 11) is 3.74. The number of nitrogens with one attached hydrogen (secondary N) is 3. The van der Waals surface area contributed by atoms with Gasteiger partial charge in [-0.3, -0.25) is 4.68 Å². The third-order valence-corrected chi connectivity index (χ3v) is 6.39. The first-order valence-electron chi connectivity index (χ1n) is 10.8. The summed E-state index contributed by atoms with van der Waals surface area (Å²) in [5.41, 5.74) is 2.76. The van der Waals surface area contributed by atoms with E-state index >= 15 is 0 Å². The van der Waals surface area contributed by atoms with Gasteiger partial charge in [0.05, 0.1) is 29.8 Å². The number of halogens is 4. The zero-order valence-corrected chi connectivity index (χ0v) is 19.2. The van der Waals surface area contributed by atoms with Crippen molar-refractivity contribution in [1.29, 1.82) is 0 Å². The number of hydrogen-bond donors (Lipinski definition) is 4. The molecule has 0 amide bonds. The highest BCUT2D eigenvalue weighted by molar-refractivity contribution is 6.29. The minimum Gasteiger partial charge on any atom is -0.490 e. The standard InChI is InChI=1S/C21H28ClF3N6O2/c1-30-11-27-20-15(28-19-9-18(22)31(2)29-19)7-14(8-16(20)30)33-13-5-3-12(4-6-13)26-10-17(32)21(23,24)25/h7-9,12-13,17,26-27,32H,3-6,10-11H2,1-2H3,(H,28,29)/t12?,13?,17-/m1/s1. The molecule has 12 heteroatoms. The molecule has 2 aromatic rings. The normalized spacial score (nSPS) is 21.5. The van der Waals surface area contributed by atoms with Crippen LogP contribution in [0.4, 0.5) is 36.1 Å². The van der Waals surface area contributed by atoms with Crippen LogP contribution in [0.3, 0.4) is 0 Å². The van der Waals surface area contributed by atoms with Gasteiger partial charge in [0.1, 0.15) is 10.9 Å². The van der Waals surface area contributed by atoms with Crippen molar-refractivity contribution in [3.63, 3.8) is 0 Å². The third kappa shape index (κ3) is 5.59. The Bertz CT molecular complexity index is 958. The Morgan fingerprint density at radius 2 is 1.97 bits per heavy atom. The zero-order valence-electron chi connectivity index (χ0n) is 18.4. The van der Waals surface area contributed by atoms with Gasteiger partial charge in [-0.1, -0.05) is 11.6 Å². The van der Waals surface area contributed by atoms with E-state index in [1.165, 1.54) is 0 Å². The average molecular weight is 489 g/mol. The molecule has 0 spiro atoms. The molecule has 1 aromatic carbocycles. The number of nitrogens with zero attached hydrogens (tertiary/aromatic N) is 3. The number of hydrogen-bond acceptors (Lipinski definition) is 7. The maximum Gasteiger partial charge on any atom is 0.415 e. The molecular formula is C21H28ClF3N6O2. The summed E-state index contributed by atoms with van der Waals surface area (Å²) in [6.07, 6.45) is -4.20. The van der Waals surface area contributed by atoms with Crippen LogP contribution in [0.5, 0.6) is 5.75 Å². The summed E-state index contributed by atoms with van der Waals surface area (Å²) in [6.45, 7) is 0.174. The summed E-state index contributed by atoms with van der Waals surface area (Å²) >= 11 is 6.11. The number of aliphatic hydroxyl groups is 1. The van der Waals surface area contributed by atoms with E-state index in [4.69, 9.17) is 21.4 Å². The monoisotopic (exact) mass is 488 g/mol. The van der Waals surface area contributed by atoms with Gasteiger partial charge >= 0.3 is 6.18 Å². The maximum atomic E-state index is 12.5. The predicted octanol–water partition coefficient (Wildman–Crippen LogP) is 3.84. The van der Waals surface area contributed by atoms with E-state index in [1.807, 2.05) is 19.2 Å². The van der Waals surface area contributed by atoms with E-state index in [1.54, 1.807) is 17.8 Å². The molecule has 1 fully saturated rings. The lowest BCUT2D eigenvalue weighted by atomic mass is 9.92. The third-order valence-electron chi connectivity index (χ3n) is 6.04. The van der Waals surface area contributed by atoms with Crippen molar-refractivity contribution in [2.45, 2.75) is 50.1 Å². The smallest absolute Gasteiger partial charge is 0.415 e. The first-order valence-corrected chi connectivity index (χ1v) is 11.2. The van der Waals surface area contributed by atoms with E-state index in [0.717, 1.165) is 17.1 Å². The van der Waals surface area contributed by atoms with Crippen LogP contribution < -0.4 is 25.6 Å². The van der Waals surface area contributed by atoms with Crippen LogP contribution in [0.2, 0.25) is 5.15 Å². The fraction of sp³-hybridized carbons (Fsp3) is 0.571. The highest BCUT2D eigenvalue weighted by Crippen LogP contribution is 2.42. The van der Waals surface area contributed by atoms with Crippen LogP contribution >= 0.6 is 11.6 Å².